The van der Waals surface area contributed by atoms with Crippen LogP contribution in [0, 0.1) is 5.92 Å². The summed E-state index contributed by atoms with van der Waals surface area (Å²) in [6, 6.07) is 5.25. The number of para-hydroxylation sites is 1. The van der Waals surface area contributed by atoms with Gasteiger partial charge in [0, 0.05) is 6.54 Å². The second-order valence-corrected chi connectivity index (χ2v) is 4.67. The minimum Gasteiger partial charge on any atom is -0.478 e. The van der Waals surface area contributed by atoms with E-state index in [1.807, 2.05) is 10.6 Å². The summed E-state index contributed by atoms with van der Waals surface area (Å²) < 4.78 is 1.99. The summed E-state index contributed by atoms with van der Waals surface area (Å²) in [6.07, 6.45) is 5.54. The fraction of sp³-hybridized carbons (Fsp3) is 0.385. The minimum absolute atomic E-state index is 0.347. The molecule has 0 radical (unpaired) electrons. The Morgan fingerprint density at radius 2 is 2.29 bits per heavy atom. The molecule has 0 amide bonds. The molecule has 2 aromatic rings. The van der Waals surface area contributed by atoms with Crippen LogP contribution in [0.4, 0.5) is 0 Å². The van der Waals surface area contributed by atoms with Crippen molar-refractivity contribution in [3.63, 3.8) is 0 Å². The van der Waals surface area contributed by atoms with Gasteiger partial charge in [-0.15, -0.1) is 0 Å². The Morgan fingerprint density at radius 1 is 1.47 bits per heavy atom. The standard InChI is InChI=1S/C13H14N2O2/c16-13(17)10-5-2-6-11-12(10)15(8-14-11)7-9-3-1-4-9/h2,5-6,8-9H,1,3-4,7H2,(H,16,17). The molecule has 1 heterocycles. The van der Waals surface area contributed by atoms with Crippen molar-refractivity contribution in [2.24, 2.45) is 5.92 Å². The lowest BCUT2D eigenvalue weighted by molar-refractivity contribution is 0.0698. The molecule has 1 saturated carbocycles. The van der Waals surface area contributed by atoms with Crippen molar-refractivity contribution < 1.29 is 9.90 Å². The van der Waals surface area contributed by atoms with Crippen LogP contribution in [-0.4, -0.2) is 20.6 Å². The zero-order chi connectivity index (χ0) is 11.8. The molecule has 0 aliphatic heterocycles. The topological polar surface area (TPSA) is 55.1 Å². The summed E-state index contributed by atoms with van der Waals surface area (Å²) >= 11 is 0. The van der Waals surface area contributed by atoms with Crippen molar-refractivity contribution >= 4 is 17.0 Å². The van der Waals surface area contributed by atoms with Gasteiger partial charge in [0.15, 0.2) is 0 Å². The molecule has 1 aromatic heterocycles. The van der Waals surface area contributed by atoms with Crippen LogP contribution in [0.2, 0.25) is 0 Å². The molecule has 1 aromatic carbocycles. The summed E-state index contributed by atoms with van der Waals surface area (Å²) in [4.78, 5) is 15.5. The summed E-state index contributed by atoms with van der Waals surface area (Å²) in [5, 5.41) is 9.19. The second kappa shape index (κ2) is 3.87. The first-order valence-electron chi connectivity index (χ1n) is 5.93. The Kier molecular flexibility index (Phi) is 2.35. The lowest BCUT2D eigenvalue weighted by atomic mass is 9.85. The first kappa shape index (κ1) is 10.3. The molecule has 0 bridgehead atoms. The van der Waals surface area contributed by atoms with Crippen LogP contribution >= 0.6 is 0 Å². The fourth-order valence-corrected chi connectivity index (χ4v) is 2.39. The summed E-state index contributed by atoms with van der Waals surface area (Å²) in [5.74, 6) is -0.194. The molecule has 0 unspecified atom stereocenters. The van der Waals surface area contributed by atoms with E-state index in [2.05, 4.69) is 4.98 Å². The predicted molar refractivity (Wildman–Crippen MR) is 64.0 cm³/mol. The first-order chi connectivity index (χ1) is 8.25. The molecule has 1 N–H and O–H groups in total. The second-order valence-electron chi connectivity index (χ2n) is 4.67. The van der Waals surface area contributed by atoms with Crippen molar-refractivity contribution in [2.75, 3.05) is 0 Å². The Morgan fingerprint density at radius 3 is 2.94 bits per heavy atom. The Labute approximate surface area is 98.9 Å². The number of aromatic nitrogens is 2. The number of nitrogens with zero attached hydrogens (tertiary/aromatic N) is 2. The molecular weight excluding hydrogens is 216 g/mol. The molecule has 1 aliphatic rings. The van der Waals surface area contributed by atoms with Crippen molar-refractivity contribution in [3.8, 4) is 0 Å². The van der Waals surface area contributed by atoms with Crippen LogP contribution in [0.15, 0.2) is 24.5 Å². The number of carboxylic acids is 1. The molecule has 4 nitrogen and oxygen atoms in total. The van der Waals surface area contributed by atoms with E-state index in [9.17, 15) is 9.90 Å². The highest BCUT2D eigenvalue weighted by atomic mass is 16.4. The Balaban J connectivity index is 2.08. The van der Waals surface area contributed by atoms with E-state index in [-0.39, 0.29) is 0 Å². The van der Waals surface area contributed by atoms with Crippen molar-refractivity contribution in [3.05, 3.63) is 30.1 Å². The quantitative estimate of drug-likeness (QED) is 0.881. The third-order valence-electron chi connectivity index (χ3n) is 3.55. The zero-order valence-electron chi connectivity index (χ0n) is 9.47. The smallest absolute Gasteiger partial charge is 0.337 e. The van der Waals surface area contributed by atoms with Gasteiger partial charge in [0.05, 0.1) is 22.9 Å². The van der Waals surface area contributed by atoms with E-state index in [1.54, 1.807) is 18.5 Å². The number of rotatable bonds is 3. The number of hydrogen-bond donors (Lipinski definition) is 1. The third kappa shape index (κ3) is 1.69. The van der Waals surface area contributed by atoms with Crippen molar-refractivity contribution in [1.29, 1.82) is 0 Å². The zero-order valence-corrected chi connectivity index (χ0v) is 9.47. The normalized spacial score (nSPS) is 16.0. The van der Waals surface area contributed by atoms with E-state index < -0.39 is 5.97 Å². The summed E-state index contributed by atoms with van der Waals surface area (Å²) in [7, 11) is 0. The van der Waals surface area contributed by atoms with Gasteiger partial charge in [0.1, 0.15) is 0 Å². The number of fused-ring (bicyclic) bond motifs is 1. The number of hydrogen-bond acceptors (Lipinski definition) is 2. The maximum atomic E-state index is 11.2. The predicted octanol–water partition coefficient (Wildman–Crippen LogP) is 2.53. The van der Waals surface area contributed by atoms with Gasteiger partial charge < -0.3 is 9.67 Å². The number of imidazole rings is 1. The lowest BCUT2D eigenvalue weighted by Gasteiger charge is -2.25. The summed E-state index contributed by atoms with van der Waals surface area (Å²) in [5.41, 5.74) is 1.87. The van der Waals surface area contributed by atoms with E-state index in [0.717, 1.165) is 17.6 Å². The SMILES string of the molecule is O=C(O)c1cccc2ncn(CC3CCC3)c12. The number of benzene rings is 1. The monoisotopic (exact) mass is 230 g/mol. The average molecular weight is 230 g/mol. The van der Waals surface area contributed by atoms with E-state index >= 15 is 0 Å². The Bertz CT molecular complexity index is 570. The summed E-state index contributed by atoms with van der Waals surface area (Å²) in [6.45, 7) is 0.890. The minimum atomic E-state index is -0.883. The molecule has 88 valence electrons. The van der Waals surface area contributed by atoms with E-state index in [4.69, 9.17) is 0 Å². The molecule has 1 aliphatic carbocycles. The molecular formula is C13H14N2O2. The maximum Gasteiger partial charge on any atom is 0.337 e. The molecule has 4 heteroatoms. The molecule has 17 heavy (non-hydrogen) atoms. The van der Waals surface area contributed by atoms with Gasteiger partial charge in [0.2, 0.25) is 0 Å². The third-order valence-corrected chi connectivity index (χ3v) is 3.55. The maximum absolute atomic E-state index is 11.2. The van der Waals surface area contributed by atoms with Gasteiger partial charge in [-0.2, -0.15) is 0 Å². The van der Waals surface area contributed by atoms with Gasteiger partial charge in [-0.3, -0.25) is 0 Å². The van der Waals surface area contributed by atoms with Gasteiger partial charge in [0.25, 0.3) is 0 Å². The molecule has 0 spiro atoms. The molecule has 3 rings (SSSR count). The Hall–Kier alpha value is -1.84. The van der Waals surface area contributed by atoms with E-state index in [0.29, 0.717) is 11.5 Å². The van der Waals surface area contributed by atoms with Gasteiger partial charge in [-0.25, -0.2) is 9.78 Å². The van der Waals surface area contributed by atoms with Crippen molar-refractivity contribution in [2.45, 2.75) is 25.8 Å². The highest BCUT2D eigenvalue weighted by Gasteiger charge is 2.20. The first-order valence-corrected chi connectivity index (χ1v) is 5.93. The van der Waals surface area contributed by atoms with Crippen LogP contribution in [0.3, 0.4) is 0 Å². The van der Waals surface area contributed by atoms with E-state index in [1.165, 1.54) is 19.3 Å². The van der Waals surface area contributed by atoms with Crippen LogP contribution in [0.25, 0.3) is 11.0 Å². The number of carboxylic acid groups (broad SMARTS) is 1. The molecule has 0 saturated heterocycles. The van der Waals surface area contributed by atoms with Gasteiger partial charge in [-0.1, -0.05) is 12.5 Å². The van der Waals surface area contributed by atoms with Crippen molar-refractivity contribution in [1.82, 2.24) is 9.55 Å². The van der Waals surface area contributed by atoms with Gasteiger partial charge in [-0.05, 0) is 30.9 Å². The van der Waals surface area contributed by atoms with Gasteiger partial charge >= 0.3 is 5.97 Å². The van der Waals surface area contributed by atoms with Crippen LogP contribution in [-0.2, 0) is 6.54 Å². The average Bonchev–Trinajstić information content (AvgIpc) is 2.66. The largest absolute Gasteiger partial charge is 0.478 e. The lowest BCUT2D eigenvalue weighted by Crippen LogP contribution is -2.18. The highest BCUT2D eigenvalue weighted by molar-refractivity contribution is 6.01. The van der Waals surface area contributed by atoms with Crippen LogP contribution in [0.5, 0.6) is 0 Å². The van der Waals surface area contributed by atoms with Crippen LogP contribution < -0.4 is 0 Å². The molecule has 0 atom stereocenters. The number of carbonyl (C=O) groups is 1. The van der Waals surface area contributed by atoms with Crippen LogP contribution in [0.1, 0.15) is 29.6 Å². The number of aromatic carboxylic acids is 1. The molecule has 1 fully saturated rings. The fourth-order valence-electron chi connectivity index (χ4n) is 2.39. The highest BCUT2D eigenvalue weighted by Crippen LogP contribution is 2.29.